The van der Waals surface area contributed by atoms with Crippen LogP contribution in [-0.2, 0) is 0 Å². The quantitative estimate of drug-likeness (QED) is 0.546. The summed E-state index contributed by atoms with van der Waals surface area (Å²) >= 11 is 0. The van der Waals surface area contributed by atoms with Crippen LogP contribution in [0.3, 0.4) is 0 Å². The first-order chi connectivity index (χ1) is 4.66. The van der Waals surface area contributed by atoms with Crippen LogP contribution in [0.1, 0.15) is 19.3 Å². The molecule has 1 saturated heterocycles. The molecular weight excluding hydrogens is 136 g/mol. The Hall–Kier alpha value is -0.180. The van der Waals surface area contributed by atoms with Crippen molar-refractivity contribution in [2.24, 2.45) is 5.41 Å². The first-order valence-corrected chi connectivity index (χ1v) is 3.75. The minimum absolute atomic E-state index is 0.104. The maximum absolute atomic E-state index is 13.0. The van der Waals surface area contributed by atoms with Crippen LogP contribution < -0.4 is 5.32 Å². The molecule has 1 nitrogen and oxygen atoms in total. The molecule has 1 aliphatic heterocycles. The first kappa shape index (κ1) is 6.53. The molecule has 10 heavy (non-hydrogen) atoms. The van der Waals surface area contributed by atoms with E-state index in [-0.39, 0.29) is 6.54 Å². The summed E-state index contributed by atoms with van der Waals surface area (Å²) < 4.78 is 26.0. The van der Waals surface area contributed by atoms with Crippen LogP contribution in [0.5, 0.6) is 0 Å². The highest BCUT2D eigenvalue weighted by molar-refractivity contribution is 5.06. The van der Waals surface area contributed by atoms with Gasteiger partial charge in [0.25, 0.3) is 5.92 Å². The zero-order valence-corrected chi connectivity index (χ0v) is 5.79. The largest absolute Gasteiger partial charge is 0.311 e. The molecule has 1 N–H and O–H groups in total. The Labute approximate surface area is 58.8 Å². The summed E-state index contributed by atoms with van der Waals surface area (Å²) in [6, 6.07) is 0. The molecule has 0 atom stereocenters. The van der Waals surface area contributed by atoms with Gasteiger partial charge in [-0.05, 0) is 25.8 Å². The van der Waals surface area contributed by atoms with Crippen molar-refractivity contribution in [3.8, 4) is 0 Å². The van der Waals surface area contributed by atoms with Crippen molar-refractivity contribution in [3.63, 3.8) is 0 Å². The van der Waals surface area contributed by atoms with Gasteiger partial charge >= 0.3 is 0 Å². The van der Waals surface area contributed by atoms with Gasteiger partial charge in [-0.25, -0.2) is 8.78 Å². The van der Waals surface area contributed by atoms with Gasteiger partial charge < -0.3 is 5.32 Å². The van der Waals surface area contributed by atoms with E-state index in [0.717, 1.165) is 19.4 Å². The van der Waals surface area contributed by atoms with Crippen molar-refractivity contribution < 1.29 is 8.78 Å². The third-order valence-electron chi connectivity index (χ3n) is 2.76. The smallest absolute Gasteiger partial charge is 0.265 e. The number of alkyl halides is 2. The van der Waals surface area contributed by atoms with Gasteiger partial charge in [-0.1, -0.05) is 0 Å². The van der Waals surface area contributed by atoms with Crippen molar-refractivity contribution in [1.82, 2.24) is 5.32 Å². The molecule has 0 unspecified atom stereocenters. The topological polar surface area (TPSA) is 12.0 Å². The molecular formula is C7H11F2N. The fourth-order valence-electron chi connectivity index (χ4n) is 1.71. The van der Waals surface area contributed by atoms with Crippen LogP contribution in [0, 0.1) is 5.41 Å². The lowest BCUT2D eigenvalue weighted by atomic mass is 9.91. The van der Waals surface area contributed by atoms with Crippen LogP contribution in [0.25, 0.3) is 0 Å². The summed E-state index contributed by atoms with van der Waals surface area (Å²) in [4.78, 5) is 0. The highest BCUT2D eigenvalue weighted by Gasteiger charge is 2.62. The lowest BCUT2D eigenvalue weighted by Crippen LogP contribution is -2.47. The molecule has 3 heteroatoms. The van der Waals surface area contributed by atoms with Gasteiger partial charge in [0.1, 0.15) is 0 Å². The highest BCUT2D eigenvalue weighted by atomic mass is 19.3. The molecule has 0 bridgehead atoms. The zero-order valence-electron chi connectivity index (χ0n) is 5.79. The fraction of sp³-hybridized carbons (Fsp3) is 1.00. The fourth-order valence-corrected chi connectivity index (χ4v) is 1.71. The first-order valence-electron chi connectivity index (χ1n) is 3.75. The number of rotatable bonds is 0. The number of hydrogen-bond donors (Lipinski definition) is 1. The number of halogens is 2. The molecule has 2 rings (SSSR count). The molecule has 0 amide bonds. The van der Waals surface area contributed by atoms with Gasteiger partial charge in [0.15, 0.2) is 0 Å². The van der Waals surface area contributed by atoms with E-state index >= 15 is 0 Å². The molecule has 1 aliphatic carbocycles. The van der Waals surface area contributed by atoms with E-state index in [1.807, 2.05) is 0 Å². The number of hydrogen-bond acceptors (Lipinski definition) is 1. The Bertz CT molecular complexity index is 146. The van der Waals surface area contributed by atoms with Crippen molar-refractivity contribution >= 4 is 0 Å². The summed E-state index contributed by atoms with van der Waals surface area (Å²) in [6.45, 7) is 0.669. The van der Waals surface area contributed by atoms with Gasteiger partial charge in [0, 0.05) is 5.41 Å². The average molecular weight is 147 g/mol. The maximum atomic E-state index is 13.0. The van der Waals surface area contributed by atoms with Gasteiger partial charge in [-0.2, -0.15) is 0 Å². The third-order valence-corrected chi connectivity index (χ3v) is 2.76. The van der Waals surface area contributed by atoms with Gasteiger partial charge in [-0.15, -0.1) is 0 Å². The second-order valence-electron chi connectivity index (χ2n) is 3.41. The Morgan fingerprint density at radius 1 is 1.10 bits per heavy atom. The van der Waals surface area contributed by atoms with Crippen molar-refractivity contribution in [1.29, 1.82) is 0 Å². The van der Waals surface area contributed by atoms with E-state index in [4.69, 9.17) is 0 Å². The molecule has 1 saturated carbocycles. The molecule has 1 spiro atoms. The lowest BCUT2D eigenvalue weighted by Gasteiger charge is -2.31. The van der Waals surface area contributed by atoms with Crippen molar-refractivity contribution in [3.05, 3.63) is 0 Å². The Balaban J connectivity index is 2.15. The Morgan fingerprint density at radius 3 is 2.20 bits per heavy atom. The second-order valence-corrected chi connectivity index (χ2v) is 3.41. The van der Waals surface area contributed by atoms with E-state index in [1.54, 1.807) is 0 Å². The van der Waals surface area contributed by atoms with E-state index < -0.39 is 11.3 Å². The summed E-state index contributed by atoms with van der Waals surface area (Å²) in [5.74, 6) is -2.43. The molecule has 0 aromatic heterocycles. The monoisotopic (exact) mass is 147 g/mol. The second kappa shape index (κ2) is 1.70. The van der Waals surface area contributed by atoms with Crippen LogP contribution in [0.2, 0.25) is 0 Å². The lowest BCUT2D eigenvalue weighted by molar-refractivity contribution is -0.0878. The zero-order chi connectivity index (χ0) is 7.24. The maximum Gasteiger partial charge on any atom is 0.265 e. The predicted octanol–water partition coefficient (Wildman–Crippen LogP) is 1.40. The molecule has 0 aromatic rings. The van der Waals surface area contributed by atoms with E-state index in [2.05, 4.69) is 5.32 Å². The van der Waals surface area contributed by atoms with Crippen LogP contribution in [0.4, 0.5) is 8.78 Å². The SMILES string of the molecule is FC1(F)CNCCC12CC2. The van der Waals surface area contributed by atoms with Crippen LogP contribution in [-0.4, -0.2) is 19.0 Å². The van der Waals surface area contributed by atoms with Gasteiger partial charge in [0.2, 0.25) is 0 Å². The summed E-state index contributed by atoms with van der Waals surface area (Å²) in [5, 5.41) is 2.72. The highest BCUT2D eigenvalue weighted by Crippen LogP contribution is 2.59. The van der Waals surface area contributed by atoms with Crippen molar-refractivity contribution in [2.75, 3.05) is 13.1 Å². The standard InChI is InChI=1S/C7H11F2N/c8-7(9)5-10-4-3-6(7)1-2-6/h10H,1-5H2. The molecule has 1 heterocycles. The van der Waals surface area contributed by atoms with Crippen LogP contribution >= 0.6 is 0 Å². The normalized spacial score (nSPS) is 34.2. The van der Waals surface area contributed by atoms with Gasteiger partial charge in [-0.3, -0.25) is 0 Å². The summed E-state index contributed by atoms with van der Waals surface area (Å²) in [7, 11) is 0. The minimum Gasteiger partial charge on any atom is -0.311 e. The minimum atomic E-state index is -2.43. The average Bonchev–Trinajstić information content (AvgIpc) is 2.59. The molecule has 58 valence electrons. The van der Waals surface area contributed by atoms with Crippen LogP contribution in [0.15, 0.2) is 0 Å². The van der Waals surface area contributed by atoms with E-state index in [9.17, 15) is 8.78 Å². The molecule has 0 radical (unpaired) electrons. The molecule has 2 fully saturated rings. The Kier molecular flexibility index (Phi) is 1.11. The van der Waals surface area contributed by atoms with E-state index in [1.165, 1.54) is 0 Å². The predicted molar refractivity (Wildman–Crippen MR) is 34.1 cm³/mol. The summed E-state index contributed by atoms with van der Waals surface area (Å²) in [6.07, 6.45) is 2.14. The third kappa shape index (κ3) is 0.698. The van der Waals surface area contributed by atoms with Crippen molar-refractivity contribution in [2.45, 2.75) is 25.2 Å². The van der Waals surface area contributed by atoms with Gasteiger partial charge in [0.05, 0.1) is 6.54 Å². The molecule has 0 aromatic carbocycles. The number of nitrogens with one attached hydrogen (secondary N) is 1. The van der Waals surface area contributed by atoms with E-state index in [0.29, 0.717) is 6.42 Å². The summed E-state index contributed by atoms with van der Waals surface area (Å²) in [5.41, 5.74) is -0.571. The molecule has 2 aliphatic rings. The number of piperidine rings is 1. The Morgan fingerprint density at radius 2 is 1.80 bits per heavy atom.